The van der Waals surface area contributed by atoms with Crippen LogP contribution in [0, 0.1) is 16.7 Å². The molecule has 1 aromatic carbocycles. The van der Waals surface area contributed by atoms with Gasteiger partial charge in [-0.3, -0.25) is 0 Å². The summed E-state index contributed by atoms with van der Waals surface area (Å²) in [6, 6.07) is 6.76. The van der Waals surface area contributed by atoms with Crippen molar-refractivity contribution in [3.05, 3.63) is 29.3 Å². The quantitative estimate of drug-likeness (QED) is 0.800. The van der Waals surface area contributed by atoms with Crippen molar-refractivity contribution < 1.29 is 9.84 Å². The van der Waals surface area contributed by atoms with Crippen molar-refractivity contribution in [2.45, 2.75) is 76.2 Å². The molecule has 0 radical (unpaired) electrons. The molecular weight excluding hydrogens is 296 g/mol. The minimum absolute atomic E-state index is 0.156. The van der Waals surface area contributed by atoms with Gasteiger partial charge in [0.2, 0.25) is 0 Å². The van der Waals surface area contributed by atoms with Crippen molar-refractivity contribution in [1.82, 2.24) is 0 Å². The standard InChI is InChI=1S/C22H30O2/c1-20-11-8-18-17-6-5-16(24-2)14-15(17)4-7-19(18)21(20)9-3-10-22(20,23)13-12-21/h5-6,14,18-19,23H,3-4,7-13H2,1-2H3/t18-,19-,20+,21-,22-/m1/s1. The lowest BCUT2D eigenvalue weighted by atomic mass is 9.42. The largest absolute Gasteiger partial charge is 0.497 e. The first kappa shape index (κ1) is 15.3. The third-order valence-electron chi connectivity index (χ3n) is 8.95. The Balaban J connectivity index is 1.59. The van der Waals surface area contributed by atoms with Gasteiger partial charge in [-0.1, -0.05) is 13.0 Å². The molecule has 2 heteroatoms. The molecule has 24 heavy (non-hydrogen) atoms. The maximum Gasteiger partial charge on any atom is 0.119 e. The van der Waals surface area contributed by atoms with Crippen molar-refractivity contribution in [1.29, 1.82) is 0 Å². The highest BCUT2D eigenvalue weighted by atomic mass is 16.5. The molecule has 3 saturated carbocycles. The average Bonchev–Trinajstić information content (AvgIpc) is 2.72. The third-order valence-corrected chi connectivity index (χ3v) is 8.95. The van der Waals surface area contributed by atoms with E-state index in [4.69, 9.17) is 4.74 Å². The molecule has 0 heterocycles. The summed E-state index contributed by atoms with van der Waals surface area (Å²) in [4.78, 5) is 0. The summed E-state index contributed by atoms with van der Waals surface area (Å²) in [5.41, 5.74) is 3.27. The van der Waals surface area contributed by atoms with Crippen LogP contribution in [0.2, 0.25) is 0 Å². The van der Waals surface area contributed by atoms with E-state index in [1.807, 2.05) is 0 Å². The van der Waals surface area contributed by atoms with Crippen molar-refractivity contribution in [2.24, 2.45) is 16.7 Å². The van der Waals surface area contributed by atoms with E-state index in [0.29, 0.717) is 11.3 Å². The molecule has 5 rings (SSSR count). The Bertz CT molecular complexity index is 683. The van der Waals surface area contributed by atoms with E-state index >= 15 is 0 Å². The van der Waals surface area contributed by atoms with E-state index in [0.717, 1.165) is 24.5 Å². The molecule has 4 aliphatic rings. The number of hydrogen-bond donors (Lipinski definition) is 1. The smallest absolute Gasteiger partial charge is 0.119 e. The summed E-state index contributed by atoms with van der Waals surface area (Å²) in [6.07, 6.45) is 10.9. The lowest BCUT2D eigenvalue weighted by Crippen LogP contribution is -2.59. The van der Waals surface area contributed by atoms with Crippen LogP contribution in [-0.4, -0.2) is 17.8 Å². The molecule has 4 aliphatic carbocycles. The van der Waals surface area contributed by atoms with Gasteiger partial charge < -0.3 is 9.84 Å². The number of rotatable bonds is 1. The van der Waals surface area contributed by atoms with Crippen LogP contribution in [0.5, 0.6) is 5.75 Å². The van der Waals surface area contributed by atoms with Crippen molar-refractivity contribution in [3.63, 3.8) is 0 Å². The Morgan fingerprint density at radius 3 is 2.79 bits per heavy atom. The number of aliphatic hydroxyl groups is 1. The van der Waals surface area contributed by atoms with Gasteiger partial charge in [-0.25, -0.2) is 0 Å². The molecule has 1 N–H and O–H groups in total. The first-order chi connectivity index (χ1) is 11.5. The van der Waals surface area contributed by atoms with Crippen LogP contribution in [0.15, 0.2) is 18.2 Å². The van der Waals surface area contributed by atoms with Crippen LogP contribution < -0.4 is 4.74 Å². The Labute approximate surface area is 145 Å². The van der Waals surface area contributed by atoms with Gasteiger partial charge in [0, 0.05) is 5.41 Å². The SMILES string of the molecule is COc1ccc2c(c1)CC[C@@H]1[C@@H]2CC[C@]2(C)[C@@]3(O)CCC[C@@]12CC3. The molecule has 1 aromatic rings. The van der Waals surface area contributed by atoms with Gasteiger partial charge in [0.25, 0.3) is 0 Å². The molecule has 0 unspecified atom stereocenters. The van der Waals surface area contributed by atoms with Gasteiger partial charge in [-0.05, 0) is 98.3 Å². The highest BCUT2D eigenvalue weighted by Crippen LogP contribution is 2.75. The third kappa shape index (κ3) is 1.62. The minimum Gasteiger partial charge on any atom is -0.497 e. The van der Waals surface area contributed by atoms with Crippen molar-refractivity contribution in [2.75, 3.05) is 7.11 Å². The molecule has 0 saturated heterocycles. The van der Waals surface area contributed by atoms with Crippen LogP contribution in [0.4, 0.5) is 0 Å². The van der Waals surface area contributed by atoms with E-state index in [1.54, 1.807) is 12.7 Å². The predicted molar refractivity (Wildman–Crippen MR) is 95.4 cm³/mol. The van der Waals surface area contributed by atoms with Crippen LogP contribution >= 0.6 is 0 Å². The summed E-state index contributed by atoms with van der Waals surface area (Å²) >= 11 is 0. The number of fused-ring (bicyclic) bond motifs is 3. The van der Waals surface area contributed by atoms with Crippen molar-refractivity contribution >= 4 is 0 Å². The van der Waals surface area contributed by atoms with Crippen LogP contribution in [0.1, 0.15) is 75.3 Å². The van der Waals surface area contributed by atoms with E-state index in [1.165, 1.54) is 50.5 Å². The monoisotopic (exact) mass is 326 g/mol. The summed E-state index contributed by atoms with van der Waals surface area (Å²) in [6.45, 7) is 2.44. The zero-order valence-corrected chi connectivity index (χ0v) is 15.1. The molecule has 0 aliphatic heterocycles. The first-order valence-electron chi connectivity index (χ1n) is 9.92. The normalized spacial score (nSPS) is 46.0. The van der Waals surface area contributed by atoms with Gasteiger partial charge in [0.15, 0.2) is 0 Å². The van der Waals surface area contributed by atoms with Gasteiger partial charge in [-0.15, -0.1) is 0 Å². The molecule has 5 atom stereocenters. The number of aryl methyl sites for hydroxylation is 1. The summed E-state index contributed by atoms with van der Waals surface area (Å²) in [5, 5.41) is 11.4. The lowest BCUT2D eigenvalue weighted by Gasteiger charge is -2.63. The Morgan fingerprint density at radius 2 is 1.96 bits per heavy atom. The maximum atomic E-state index is 11.4. The average molecular weight is 326 g/mol. The summed E-state index contributed by atoms with van der Waals surface area (Å²) < 4.78 is 5.45. The van der Waals surface area contributed by atoms with Gasteiger partial charge in [0.1, 0.15) is 5.75 Å². The summed E-state index contributed by atoms with van der Waals surface area (Å²) in [7, 11) is 1.76. The number of benzene rings is 1. The van der Waals surface area contributed by atoms with Crippen LogP contribution in [0.3, 0.4) is 0 Å². The highest BCUT2D eigenvalue weighted by molar-refractivity contribution is 5.41. The Morgan fingerprint density at radius 1 is 1.08 bits per heavy atom. The molecule has 2 nitrogen and oxygen atoms in total. The molecular formula is C22H30O2. The van der Waals surface area contributed by atoms with E-state index in [-0.39, 0.29) is 11.0 Å². The number of methoxy groups -OCH3 is 1. The second kappa shape index (κ2) is 4.78. The molecule has 3 fully saturated rings. The fourth-order valence-electron chi connectivity index (χ4n) is 7.68. The molecule has 130 valence electrons. The zero-order valence-electron chi connectivity index (χ0n) is 15.1. The van der Waals surface area contributed by atoms with Crippen LogP contribution in [-0.2, 0) is 6.42 Å². The highest BCUT2D eigenvalue weighted by Gasteiger charge is 2.70. The predicted octanol–water partition coefficient (Wildman–Crippen LogP) is 4.84. The van der Waals surface area contributed by atoms with Gasteiger partial charge in [0.05, 0.1) is 12.7 Å². The van der Waals surface area contributed by atoms with E-state index < -0.39 is 0 Å². The maximum absolute atomic E-state index is 11.4. The summed E-state index contributed by atoms with van der Waals surface area (Å²) in [5.74, 6) is 2.47. The second-order valence-electron chi connectivity index (χ2n) is 9.23. The Hall–Kier alpha value is -1.02. The fourth-order valence-corrected chi connectivity index (χ4v) is 7.68. The minimum atomic E-state index is -0.379. The number of hydrogen-bond acceptors (Lipinski definition) is 2. The second-order valence-corrected chi connectivity index (χ2v) is 9.23. The molecule has 0 spiro atoms. The Kier molecular flexibility index (Phi) is 3.04. The topological polar surface area (TPSA) is 29.5 Å². The van der Waals surface area contributed by atoms with E-state index in [2.05, 4.69) is 25.1 Å². The van der Waals surface area contributed by atoms with Crippen molar-refractivity contribution in [3.8, 4) is 5.75 Å². The number of ether oxygens (including phenoxy) is 1. The van der Waals surface area contributed by atoms with Crippen LogP contribution in [0.25, 0.3) is 0 Å². The van der Waals surface area contributed by atoms with Gasteiger partial charge >= 0.3 is 0 Å². The molecule has 0 amide bonds. The lowest BCUT2D eigenvalue weighted by molar-refractivity contribution is -0.177. The molecule has 2 bridgehead atoms. The van der Waals surface area contributed by atoms with E-state index in [9.17, 15) is 5.11 Å². The fraction of sp³-hybridized carbons (Fsp3) is 0.727. The zero-order chi connectivity index (χ0) is 16.6. The first-order valence-corrected chi connectivity index (χ1v) is 9.92. The van der Waals surface area contributed by atoms with Gasteiger partial charge in [-0.2, -0.15) is 0 Å². The molecule has 0 aromatic heterocycles.